The molecule has 4 atom stereocenters. The molecule has 0 spiro atoms. The number of hydrogen-bond donors (Lipinski definition) is 1. The van der Waals surface area contributed by atoms with Gasteiger partial charge in [0.2, 0.25) is 0 Å². The standard InChI is InChI=1S/C16H32N2/c1-13-10-17-15(3)8-9-18(11-13)12-16-7-5-4-6-14(16)2/h13-17H,4-12H2,1-3H3. The summed E-state index contributed by atoms with van der Waals surface area (Å²) < 4.78 is 0. The third kappa shape index (κ3) is 4.24. The Bertz CT molecular complexity index is 241. The Labute approximate surface area is 114 Å². The van der Waals surface area contributed by atoms with Crippen molar-refractivity contribution in [2.45, 2.75) is 58.9 Å². The van der Waals surface area contributed by atoms with Crippen molar-refractivity contribution >= 4 is 0 Å². The van der Waals surface area contributed by atoms with Crippen molar-refractivity contribution < 1.29 is 0 Å². The second-order valence-corrected chi connectivity index (χ2v) is 6.98. The lowest BCUT2D eigenvalue weighted by atomic mass is 9.80. The van der Waals surface area contributed by atoms with Crippen molar-refractivity contribution in [2.24, 2.45) is 17.8 Å². The predicted molar refractivity (Wildman–Crippen MR) is 78.8 cm³/mol. The predicted octanol–water partition coefficient (Wildman–Crippen LogP) is 3.13. The maximum Gasteiger partial charge on any atom is 0.00510 e. The van der Waals surface area contributed by atoms with Crippen molar-refractivity contribution in [3.8, 4) is 0 Å². The number of hydrogen-bond acceptors (Lipinski definition) is 2. The van der Waals surface area contributed by atoms with Crippen LogP contribution in [0.5, 0.6) is 0 Å². The molecule has 1 N–H and O–H groups in total. The summed E-state index contributed by atoms with van der Waals surface area (Å²) in [5.74, 6) is 2.72. The first-order valence-electron chi connectivity index (χ1n) is 8.11. The zero-order valence-corrected chi connectivity index (χ0v) is 12.6. The maximum atomic E-state index is 3.64. The van der Waals surface area contributed by atoms with E-state index in [4.69, 9.17) is 0 Å². The smallest absolute Gasteiger partial charge is 0.00510 e. The molecule has 0 radical (unpaired) electrons. The fourth-order valence-electron chi connectivity index (χ4n) is 3.64. The molecule has 2 rings (SSSR count). The Morgan fingerprint density at radius 1 is 1.06 bits per heavy atom. The Morgan fingerprint density at radius 3 is 2.61 bits per heavy atom. The van der Waals surface area contributed by atoms with E-state index in [2.05, 4.69) is 31.0 Å². The van der Waals surface area contributed by atoms with Crippen LogP contribution in [0.3, 0.4) is 0 Å². The lowest BCUT2D eigenvalue weighted by molar-refractivity contribution is 0.132. The fourth-order valence-corrected chi connectivity index (χ4v) is 3.64. The zero-order valence-electron chi connectivity index (χ0n) is 12.6. The van der Waals surface area contributed by atoms with E-state index in [0.29, 0.717) is 6.04 Å². The van der Waals surface area contributed by atoms with Gasteiger partial charge in [-0.2, -0.15) is 0 Å². The highest BCUT2D eigenvalue weighted by molar-refractivity contribution is 4.79. The monoisotopic (exact) mass is 252 g/mol. The summed E-state index contributed by atoms with van der Waals surface area (Å²) in [6.07, 6.45) is 7.19. The van der Waals surface area contributed by atoms with E-state index in [9.17, 15) is 0 Å². The van der Waals surface area contributed by atoms with Gasteiger partial charge in [-0.3, -0.25) is 0 Å². The lowest BCUT2D eigenvalue weighted by Crippen LogP contribution is -2.44. The lowest BCUT2D eigenvalue weighted by Gasteiger charge is -2.37. The highest BCUT2D eigenvalue weighted by atomic mass is 15.1. The summed E-state index contributed by atoms with van der Waals surface area (Å²) in [7, 11) is 0. The minimum absolute atomic E-state index is 0.694. The average Bonchev–Trinajstić information content (AvgIpc) is 2.34. The van der Waals surface area contributed by atoms with Crippen LogP contribution in [0.15, 0.2) is 0 Å². The molecule has 0 aromatic heterocycles. The van der Waals surface area contributed by atoms with E-state index in [0.717, 1.165) is 17.8 Å². The van der Waals surface area contributed by atoms with Gasteiger partial charge in [0.15, 0.2) is 0 Å². The fraction of sp³-hybridized carbons (Fsp3) is 1.00. The van der Waals surface area contributed by atoms with Crippen molar-refractivity contribution in [3.63, 3.8) is 0 Å². The van der Waals surface area contributed by atoms with Gasteiger partial charge in [0.25, 0.3) is 0 Å². The number of nitrogens with zero attached hydrogens (tertiary/aromatic N) is 1. The van der Waals surface area contributed by atoms with E-state index >= 15 is 0 Å². The molecule has 1 saturated carbocycles. The molecule has 2 nitrogen and oxygen atoms in total. The molecule has 2 fully saturated rings. The summed E-state index contributed by atoms with van der Waals surface area (Å²) in [6.45, 7) is 12.3. The zero-order chi connectivity index (χ0) is 13.0. The summed E-state index contributed by atoms with van der Waals surface area (Å²) in [5, 5.41) is 3.64. The van der Waals surface area contributed by atoms with Crippen LogP contribution in [-0.4, -0.2) is 37.1 Å². The largest absolute Gasteiger partial charge is 0.314 e. The molecule has 1 saturated heterocycles. The van der Waals surface area contributed by atoms with E-state index in [1.807, 2.05) is 0 Å². The van der Waals surface area contributed by atoms with Crippen LogP contribution in [0.2, 0.25) is 0 Å². The van der Waals surface area contributed by atoms with Gasteiger partial charge in [0.1, 0.15) is 0 Å². The van der Waals surface area contributed by atoms with Crippen LogP contribution < -0.4 is 5.32 Å². The van der Waals surface area contributed by atoms with Crippen molar-refractivity contribution in [1.82, 2.24) is 10.2 Å². The van der Waals surface area contributed by atoms with Gasteiger partial charge in [-0.25, -0.2) is 0 Å². The molecule has 1 aliphatic heterocycles. The molecular formula is C16H32N2. The normalized spacial score (nSPS) is 40.2. The molecule has 1 aliphatic carbocycles. The highest BCUT2D eigenvalue weighted by Gasteiger charge is 2.25. The number of rotatable bonds is 2. The third-order valence-electron chi connectivity index (χ3n) is 5.04. The molecular weight excluding hydrogens is 220 g/mol. The van der Waals surface area contributed by atoms with Gasteiger partial charge in [-0.05, 0) is 50.6 Å². The van der Waals surface area contributed by atoms with E-state index in [1.54, 1.807) is 0 Å². The van der Waals surface area contributed by atoms with Crippen molar-refractivity contribution in [3.05, 3.63) is 0 Å². The van der Waals surface area contributed by atoms with Crippen LogP contribution in [0.4, 0.5) is 0 Å². The van der Waals surface area contributed by atoms with E-state index in [1.165, 1.54) is 58.3 Å². The second-order valence-electron chi connectivity index (χ2n) is 6.98. The van der Waals surface area contributed by atoms with Crippen LogP contribution in [0, 0.1) is 17.8 Å². The first-order valence-corrected chi connectivity index (χ1v) is 8.11. The van der Waals surface area contributed by atoms with Gasteiger partial charge in [-0.1, -0.05) is 33.1 Å². The molecule has 2 heteroatoms. The minimum Gasteiger partial charge on any atom is -0.314 e. The maximum absolute atomic E-state index is 3.64. The second kappa shape index (κ2) is 6.91. The van der Waals surface area contributed by atoms with Gasteiger partial charge >= 0.3 is 0 Å². The average molecular weight is 252 g/mol. The Balaban J connectivity index is 1.85. The highest BCUT2D eigenvalue weighted by Crippen LogP contribution is 2.30. The summed E-state index contributed by atoms with van der Waals surface area (Å²) in [4.78, 5) is 2.76. The Hall–Kier alpha value is -0.0800. The van der Waals surface area contributed by atoms with Crippen LogP contribution in [0.25, 0.3) is 0 Å². The quantitative estimate of drug-likeness (QED) is 0.812. The Kier molecular flexibility index (Phi) is 5.50. The molecule has 106 valence electrons. The molecule has 0 bridgehead atoms. The number of nitrogens with one attached hydrogen (secondary N) is 1. The SMILES string of the molecule is CC1CNC(C)CCN(CC2CCCCC2C)C1. The molecule has 2 aliphatic rings. The molecule has 18 heavy (non-hydrogen) atoms. The van der Waals surface area contributed by atoms with Crippen LogP contribution >= 0.6 is 0 Å². The molecule has 1 heterocycles. The van der Waals surface area contributed by atoms with Crippen LogP contribution in [0.1, 0.15) is 52.9 Å². The third-order valence-corrected chi connectivity index (χ3v) is 5.04. The molecule has 0 aromatic carbocycles. The van der Waals surface area contributed by atoms with Crippen molar-refractivity contribution in [2.75, 3.05) is 26.2 Å². The molecule has 0 aromatic rings. The Morgan fingerprint density at radius 2 is 1.83 bits per heavy atom. The topological polar surface area (TPSA) is 15.3 Å². The van der Waals surface area contributed by atoms with E-state index in [-0.39, 0.29) is 0 Å². The van der Waals surface area contributed by atoms with Gasteiger partial charge in [0.05, 0.1) is 0 Å². The van der Waals surface area contributed by atoms with Crippen LogP contribution in [-0.2, 0) is 0 Å². The van der Waals surface area contributed by atoms with Gasteiger partial charge < -0.3 is 10.2 Å². The first kappa shape index (κ1) is 14.3. The minimum atomic E-state index is 0.694. The van der Waals surface area contributed by atoms with Gasteiger partial charge in [0, 0.05) is 19.1 Å². The first-order chi connectivity index (χ1) is 8.65. The summed E-state index contributed by atoms with van der Waals surface area (Å²) in [6, 6.07) is 0.694. The summed E-state index contributed by atoms with van der Waals surface area (Å²) >= 11 is 0. The molecule has 0 amide bonds. The van der Waals surface area contributed by atoms with Gasteiger partial charge in [-0.15, -0.1) is 0 Å². The van der Waals surface area contributed by atoms with Crippen molar-refractivity contribution in [1.29, 1.82) is 0 Å². The molecule has 4 unspecified atom stereocenters. The summed E-state index contributed by atoms with van der Waals surface area (Å²) in [5.41, 5.74) is 0. The van der Waals surface area contributed by atoms with E-state index < -0.39 is 0 Å².